The predicted molar refractivity (Wildman–Crippen MR) is 325 cm³/mol. The van der Waals surface area contributed by atoms with Crippen LogP contribution in [-0.4, -0.2) is 37.2 Å². The minimum absolute atomic E-state index is 0.131. The average Bonchev–Trinajstić information content (AvgIpc) is 3.41. The molecule has 0 radical (unpaired) electrons. The first-order chi connectivity index (χ1) is 37.0. The second-order valence-corrected chi connectivity index (χ2v) is 19.8. The van der Waals surface area contributed by atoms with Crippen LogP contribution in [-0.2, 0) is 28.6 Å². The monoisotopic (exact) mass is 1040 g/mol. The highest BCUT2D eigenvalue weighted by atomic mass is 16.6. The highest BCUT2D eigenvalue weighted by Crippen LogP contribution is 2.15. The molecule has 0 spiro atoms. The molecule has 0 saturated heterocycles. The molecule has 0 heterocycles. The number of unbranched alkanes of at least 4 members (excludes halogenated alkanes) is 21. The summed E-state index contributed by atoms with van der Waals surface area (Å²) in [5.74, 6) is -1.10. The third kappa shape index (κ3) is 60.3. The maximum atomic E-state index is 12.8. The van der Waals surface area contributed by atoms with Crippen molar-refractivity contribution < 1.29 is 28.6 Å². The number of allylic oxidation sites excluding steroid dienone is 22. The van der Waals surface area contributed by atoms with E-state index in [-0.39, 0.29) is 38.0 Å². The fourth-order valence-corrected chi connectivity index (χ4v) is 8.12. The van der Waals surface area contributed by atoms with Crippen LogP contribution in [0.1, 0.15) is 265 Å². The van der Waals surface area contributed by atoms with Crippen molar-refractivity contribution in [1.29, 1.82) is 0 Å². The van der Waals surface area contributed by atoms with Gasteiger partial charge in [0.2, 0.25) is 0 Å². The lowest BCUT2D eigenvalue weighted by Gasteiger charge is -2.18. The van der Waals surface area contributed by atoms with Gasteiger partial charge in [-0.15, -0.1) is 0 Å². The predicted octanol–water partition coefficient (Wildman–Crippen LogP) is 21.0. The van der Waals surface area contributed by atoms with E-state index in [0.717, 1.165) is 83.5 Å². The molecular weight excluding hydrogens is 925 g/mol. The topological polar surface area (TPSA) is 78.9 Å². The van der Waals surface area contributed by atoms with Crippen molar-refractivity contribution in [2.75, 3.05) is 13.2 Å². The Morgan fingerprint density at radius 3 is 0.893 bits per heavy atom. The molecule has 0 aromatic heterocycles. The summed E-state index contributed by atoms with van der Waals surface area (Å²) >= 11 is 0. The van der Waals surface area contributed by atoms with Crippen LogP contribution in [0.15, 0.2) is 134 Å². The Labute approximate surface area is 462 Å². The fourth-order valence-electron chi connectivity index (χ4n) is 8.12. The van der Waals surface area contributed by atoms with Crippen LogP contribution in [0.4, 0.5) is 0 Å². The molecule has 6 nitrogen and oxygen atoms in total. The number of hydrogen-bond donors (Lipinski definition) is 0. The maximum Gasteiger partial charge on any atom is 0.306 e. The molecule has 0 aromatic rings. The molecule has 0 fully saturated rings. The summed E-state index contributed by atoms with van der Waals surface area (Å²) in [7, 11) is 0. The number of carbonyl (C=O) groups is 3. The molecule has 1 unspecified atom stereocenters. The Balaban J connectivity index is 4.25. The van der Waals surface area contributed by atoms with Crippen LogP contribution in [0.25, 0.3) is 0 Å². The van der Waals surface area contributed by atoms with Crippen molar-refractivity contribution in [3.63, 3.8) is 0 Å². The number of carbonyl (C=O) groups excluding carboxylic acids is 3. The molecule has 75 heavy (non-hydrogen) atoms. The summed E-state index contributed by atoms with van der Waals surface area (Å²) in [6.45, 7) is 6.26. The Hall–Kier alpha value is -4.45. The molecule has 6 heteroatoms. The minimum Gasteiger partial charge on any atom is -0.462 e. The van der Waals surface area contributed by atoms with E-state index >= 15 is 0 Å². The SMILES string of the molecule is CC/C=C\C/C=C\C/C=C\C/C=C\CCC(=O)OCC(COC(=O)CCCCCCCCCCCCCCCCCC/C=C\C/C=C\C/C=C\CCCCCCC)OC(=O)CC/C=C\C/C=C\C/C=C\C/C=C\CC. The summed E-state index contributed by atoms with van der Waals surface area (Å²) in [5, 5.41) is 0. The quantitative estimate of drug-likeness (QED) is 0.0261. The number of ether oxygens (including phenoxy) is 3. The fraction of sp³-hybridized carbons (Fsp3) is 0.638. The van der Waals surface area contributed by atoms with Gasteiger partial charge in [-0.05, 0) is 109 Å². The van der Waals surface area contributed by atoms with E-state index in [2.05, 4.69) is 130 Å². The van der Waals surface area contributed by atoms with Gasteiger partial charge in [0.1, 0.15) is 13.2 Å². The first-order valence-corrected chi connectivity index (χ1v) is 30.7. The van der Waals surface area contributed by atoms with Crippen molar-refractivity contribution in [2.45, 2.75) is 271 Å². The summed E-state index contributed by atoms with van der Waals surface area (Å²) in [6, 6.07) is 0. The van der Waals surface area contributed by atoms with Gasteiger partial charge in [-0.3, -0.25) is 14.4 Å². The van der Waals surface area contributed by atoms with E-state index in [9.17, 15) is 14.4 Å². The Bertz CT molecular complexity index is 1620. The van der Waals surface area contributed by atoms with Gasteiger partial charge in [0.15, 0.2) is 6.10 Å². The van der Waals surface area contributed by atoms with Gasteiger partial charge in [0.25, 0.3) is 0 Å². The molecule has 0 aliphatic carbocycles. The van der Waals surface area contributed by atoms with Gasteiger partial charge >= 0.3 is 17.9 Å². The average molecular weight is 1040 g/mol. The first kappa shape index (κ1) is 70.5. The van der Waals surface area contributed by atoms with E-state index in [0.29, 0.717) is 19.3 Å². The van der Waals surface area contributed by atoms with Crippen LogP contribution >= 0.6 is 0 Å². The van der Waals surface area contributed by atoms with Gasteiger partial charge in [-0.25, -0.2) is 0 Å². The summed E-state index contributed by atoms with van der Waals surface area (Å²) in [4.78, 5) is 38.0. The largest absolute Gasteiger partial charge is 0.462 e. The zero-order valence-corrected chi connectivity index (χ0v) is 48.5. The molecule has 0 aliphatic rings. The van der Waals surface area contributed by atoms with Crippen LogP contribution in [0.5, 0.6) is 0 Å². The van der Waals surface area contributed by atoms with Crippen LogP contribution in [0.2, 0.25) is 0 Å². The molecule has 0 saturated carbocycles. The molecule has 0 rings (SSSR count). The van der Waals surface area contributed by atoms with Gasteiger partial charge in [-0.1, -0.05) is 270 Å². The highest BCUT2D eigenvalue weighted by molar-refractivity contribution is 5.71. The summed E-state index contributed by atoms with van der Waals surface area (Å²) in [5.41, 5.74) is 0. The lowest BCUT2D eigenvalue weighted by atomic mass is 10.0. The highest BCUT2D eigenvalue weighted by Gasteiger charge is 2.19. The zero-order valence-electron chi connectivity index (χ0n) is 48.5. The third-order valence-corrected chi connectivity index (χ3v) is 12.6. The molecule has 0 bridgehead atoms. The van der Waals surface area contributed by atoms with Crippen molar-refractivity contribution in [1.82, 2.24) is 0 Å². The minimum atomic E-state index is -0.848. The molecule has 0 aromatic carbocycles. The third-order valence-electron chi connectivity index (χ3n) is 12.6. The van der Waals surface area contributed by atoms with E-state index < -0.39 is 12.1 Å². The second-order valence-electron chi connectivity index (χ2n) is 19.8. The van der Waals surface area contributed by atoms with E-state index in [1.54, 1.807) is 0 Å². The maximum absolute atomic E-state index is 12.8. The van der Waals surface area contributed by atoms with Crippen LogP contribution in [0.3, 0.4) is 0 Å². The molecule has 1 atom stereocenters. The molecule has 0 aliphatic heterocycles. The van der Waals surface area contributed by atoms with Crippen LogP contribution in [0, 0.1) is 0 Å². The summed E-state index contributed by atoms with van der Waals surface area (Å²) in [6.07, 6.45) is 87.9. The second kappa shape index (κ2) is 62.1. The standard InChI is InChI=1S/C69H112O6/c1-4-7-10-13-16-19-22-25-26-27-28-29-30-31-32-33-34-35-36-37-38-39-40-41-42-45-47-50-53-56-59-62-68(71)74-65-66(75-69(72)63-60-57-54-51-48-44-24-21-18-15-12-9-6-3)64-73-67(70)61-58-55-52-49-46-43-23-20-17-14-11-8-5-2/h8-9,11-12,17-18,20-22,25,27-28,30-31,43-44,46,48,52,54-55,57,66H,4-7,10,13-16,19,23-24,26,29,32-42,45,47,49-51,53,56,58-65H2,1-3H3/b11-8-,12-9-,20-17-,21-18-,25-22-,28-27-,31-30-,46-43-,48-44-,55-52-,57-54-. The molecule has 0 amide bonds. The van der Waals surface area contributed by atoms with Crippen molar-refractivity contribution in [2.24, 2.45) is 0 Å². The van der Waals surface area contributed by atoms with Crippen molar-refractivity contribution in [3.05, 3.63) is 134 Å². The Morgan fingerprint density at radius 2 is 0.547 bits per heavy atom. The van der Waals surface area contributed by atoms with Crippen molar-refractivity contribution in [3.8, 4) is 0 Å². The lowest BCUT2D eigenvalue weighted by Crippen LogP contribution is -2.30. The van der Waals surface area contributed by atoms with Crippen LogP contribution < -0.4 is 0 Å². The smallest absolute Gasteiger partial charge is 0.306 e. The normalized spacial score (nSPS) is 13.1. The molecule has 424 valence electrons. The number of hydrogen-bond acceptors (Lipinski definition) is 6. The molecular formula is C69H112O6. The van der Waals surface area contributed by atoms with Gasteiger partial charge in [-0.2, -0.15) is 0 Å². The zero-order chi connectivity index (χ0) is 54.3. The summed E-state index contributed by atoms with van der Waals surface area (Å²) < 4.78 is 16.7. The lowest BCUT2D eigenvalue weighted by molar-refractivity contribution is -0.166. The Kier molecular flexibility index (Phi) is 58.4. The van der Waals surface area contributed by atoms with Crippen molar-refractivity contribution >= 4 is 17.9 Å². The van der Waals surface area contributed by atoms with E-state index in [1.165, 1.54) is 128 Å². The number of rotatable bonds is 54. The van der Waals surface area contributed by atoms with E-state index in [4.69, 9.17) is 14.2 Å². The Morgan fingerprint density at radius 1 is 0.280 bits per heavy atom. The first-order valence-electron chi connectivity index (χ1n) is 30.7. The van der Waals surface area contributed by atoms with Gasteiger partial charge < -0.3 is 14.2 Å². The van der Waals surface area contributed by atoms with Gasteiger partial charge in [0, 0.05) is 19.3 Å². The van der Waals surface area contributed by atoms with Gasteiger partial charge in [0.05, 0.1) is 0 Å². The molecule has 0 N–H and O–H groups in total. The van der Waals surface area contributed by atoms with E-state index in [1.807, 2.05) is 24.3 Å². The number of esters is 3.